The van der Waals surface area contributed by atoms with Gasteiger partial charge in [0, 0.05) is 54.2 Å². The second-order valence-corrected chi connectivity index (χ2v) is 8.93. The molecule has 2 heterocycles. The number of urea groups is 1. The van der Waals surface area contributed by atoms with E-state index in [0.717, 1.165) is 38.4 Å². The molecule has 1 aliphatic heterocycles. The van der Waals surface area contributed by atoms with Crippen molar-refractivity contribution >= 4 is 16.9 Å². The number of likely N-dealkylation sites (tertiary alicyclic amines) is 1. The van der Waals surface area contributed by atoms with E-state index in [2.05, 4.69) is 40.4 Å². The maximum atomic E-state index is 12.6. The Balaban J connectivity index is 1.46. The molecule has 3 aliphatic rings. The van der Waals surface area contributed by atoms with Gasteiger partial charge in [0.2, 0.25) is 0 Å². The molecule has 2 amide bonds. The highest BCUT2D eigenvalue weighted by molar-refractivity contribution is 5.90. The van der Waals surface area contributed by atoms with Crippen LogP contribution in [0.1, 0.15) is 61.8 Å². The number of aromatic nitrogens is 1. The molecular formula is C23H32N4O. The molecule has 5 heteroatoms. The zero-order valence-corrected chi connectivity index (χ0v) is 17.3. The molecule has 0 radical (unpaired) electrons. The van der Waals surface area contributed by atoms with Gasteiger partial charge in [-0.3, -0.25) is 0 Å². The molecule has 1 saturated heterocycles. The highest BCUT2D eigenvalue weighted by Gasteiger charge is 2.42. The number of nitrogens with one attached hydrogen (secondary N) is 2. The first-order valence-corrected chi connectivity index (χ1v) is 11.0. The molecule has 1 saturated carbocycles. The van der Waals surface area contributed by atoms with Gasteiger partial charge in [0.25, 0.3) is 0 Å². The van der Waals surface area contributed by atoms with Gasteiger partial charge in [-0.2, -0.15) is 0 Å². The first-order chi connectivity index (χ1) is 13.6. The maximum absolute atomic E-state index is 12.6. The van der Waals surface area contributed by atoms with Gasteiger partial charge < -0.3 is 20.1 Å². The Morgan fingerprint density at radius 3 is 2.79 bits per heavy atom. The summed E-state index contributed by atoms with van der Waals surface area (Å²) in [6, 6.07) is 7.59. The van der Waals surface area contributed by atoms with Crippen LogP contribution in [0.25, 0.3) is 10.9 Å². The van der Waals surface area contributed by atoms with Crippen LogP contribution in [0.4, 0.5) is 4.79 Å². The third kappa shape index (κ3) is 2.83. The van der Waals surface area contributed by atoms with Crippen LogP contribution < -0.4 is 5.32 Å². The van der Waals surface area contributed by atoms with Crippen molar-refractivity contribution in [2.75, 3.05) is 26.7 Å². The quantitative estimate of drug-likeness (QED) is 0.847. The molecule has 5 rings (SSSR count). The number of carbonyl (C=O) groups is 1. The fourth-order valence-electron chi connectivity index (χ4n) is 5.66. The lowest BCUT2D eigenvalue weighted by Crippen LogP contribution is -2.56. The fourth-order valence-corrected chi connectivity index (χ4v) is 5.66. The topological polar surface area (TPSA) is 51.4 Å². The minimum atomic E-state index is 0.0780. The van der Waals surface area contributed by atoms with E-state index in [-0.39, 0.29) is 12.1 Å². The molecular weight excluding hydrogens is 348 g/mol. The van der Waals surface area contributed by atoms with Gasteiger partial charge in [-0.05, 0) is 69.7 Å². The zero-order valence-electron chi connectivity index (χ0n) is 17.3. The molecule has 2 N–H and O–H groups in total. The third-order valence-corrected chi connectivity index (χ3v) is 7.25. The van der Waals surface area contributed by atoms with E-state index in [1.807, 2.05) is 18.7 Å². The maximum Gasteiger partial charge on any atom is 0.317 e. The van der Waals surface area contributed by atoms with Crippen molar-refractivity contribution in [1.29, 1.82) is 0 Å². The number of fused-ring (bicyclic) bond motifs is 2. The van der Waals surface area contributed by atoms with Crippen LogP contribution in [0.5, 0.6) is 0 Å². The minimum absolute atomic E-state index is 0.0780. The summed E-state index contributed by atoms with van der Waals surface area (Å²) >= 11 is 0. The lowest BCUT2D eigenvalue weighted by atomic mass is 9.73. The number of benzene rings is 1. The number of amides is 2. The van der Waals surface area contributed by atoms with Gasteiger partial charge in [0.05, 0.1) is 0 Å². The number of aromatic amines is 1. The normalized spacial score (nSPS) is 26.9. The number of likely N-dealkylation sites (N-methyl/N-ethyl adjacent to an activating group) is 1. The number of hydrogen-bond donors (Lipinski definition) is 2. The smallest absolute Gasteiger partial charge is 0.317 e. The average molecular weight is 381 g/mol. The number of carbonyl (C=O) groups excluding carboxylic acids is 1. The highest BCUT2D eigenvalue weighted by atomic mass is 16.2. The molecule has 150 valence electrons. The summed E-state index contributed by atoms with van der Waals surface area (Å²) in [5.41, 5.74) is 5.88. The predicted octanol–water partition coefficient (Wildman–Crippen LogP) is 3.81. The monoisotopic (exact) mass is 380 g/mol. The Labute approximate surface area is 167 Å². The van der Waals surface area contributed by atoms with Crippen LogP contribution in [0, 0.1) is 0 Å². The van der Waals surface area contributed by atoms with Crippen LogP contribution in [0.2, 0.25) is 0 Å². The van der Waals surface area contributed by atoms with E-state index >= 15 is 0 Å². The Morgan fingerprint density at radius 1 is 1.29 bits per heavy atom. The second kappa shape index (κ2) is 6.80. The number of hydrogen-bond acceptors (Lipinski definition) is 2. The molecule has 1 aromatic carbocycles. The van der Waals surface area contributed by atoms with Gasteiger partial charge in [-0.15, -0.1) is 0 Å². The number of nitrogens with zero attached hydrogens (tertiary/aromatic N) is 2. The summed E-state index contributed by atoms with van der Waals surface area (Å²) in [4.78, 5) is 20.7. The number of H-pyrrole nitrogens is 1. The predicted molar refractivity (Wildman–Crippen MR) is 113 cm³/mol. The van der Waals surface area contributed by atoms with Crippen molar-refractivity contribution in [3.8, 4) is 0 Å². The van der Waals surface area contributed by atoms with Crippen molar-refractivity contribution in [3.05, 3.63) is 35.0 Å². The summed E-state index contributed by atoms with van der Waals surface area (Å²) in [5, 5.41) is 4.79. The lowest BCUT2D eigenvalue weighted by molar-refractivity contribution is 0.124. The van der Waals surface area contributed by atoms with E-state index in [1.165, 1.54) is 35.0 Å². The van der Waals surface area contributed by atoms with Crippen LogP contribution in [-0.2, 0) is 6.42 Å². The lowest BCUT2D eigenvalue weighted by Gasteiger charge is -2.46. The summed E-state index contributed by atoms with van der Waals surface area (Å²) in [6.07, 6.45) is 4.84. The molecule has 5 nitrogen and oxygen atoms in total. The van der Waals surface area contributed by atoms with Gasteiger partial charge in [-0.1, -0.05) is 12.1 Å². The molecule has 2 aliphatic carbocycles. The Hall–Kier alpha value is -2.01. The van der Waals surface area contributed by atoms with Crippen molar-refractivity contribution in [2.24, 2.45) is 0 Å². The molecule has 2 aromatic rings. The third-order valence-electron chi connectivity index (χ3n) is 7.25. The van der Waals surface area contributed by atoms with E-state index in [9.17, 15) is 4.79 Å². The van der Waals surface area contributed by atoms with Crippen LogP contribution >= 0.6 is 0 Å². The Morgan fingerprint density at radius 2 is 2.07 bits per heavy atom. The first kappa shape index (κ1) is 18.0. The van der Waals surface area contributed by atoms with Gasteiger partial charge in [0.15, 0.2) is 0 Å². The summed E-state index contributed by atoms with van der Waals surface area (Å²) in [7, 11) is 2.24. The van der Waals surface area contributed by atoms with Crippen molar-refractivity contribution in [1.82, 2.24) is 20.1 Å². The molecule has 3 atom stereocenters. The molecule has 2 fully saturated rings. The largest absolute Gasteiger partial charge is 0.358 e. The van der Waals surface area contributed by atoms with Gasteiger partial charge >= 0.3 is 6.03 Å². The summed E-state index contributed by atoms with van der Waals surface area (Å²) in [6.45, 7) is 6.53. The Kier molecular flexibility index (Phi) is 4.38. The minimum Gasteiger partial charge on any atom is -0.358 e. The first-order valence-electron chi connectivity index (χ1n) is 11.0. The van der Waals surface area contributed by atoms with Crippen LogP contribution in [-0.4, -0.2) is 59.6 Å². The summed E-state index contributed by atoms with van der Waals surface area (Å²) < 4.78 is 0. The van der Waals surface area contributed by atoms with Gasteiger partial charge in [-0.25, -0.2) is 4.79 Å². The van der Waals surface area contributed by atoms with Crippen molar-refractivity contribution < 1.29 is 4.79 Å². The van der Waals surface area contributed by atoms with Crippen LogP contribution in [0.3, 0.4) is 0 Å². The van der Waals surface area contributed by atoms with Crippen molar-refractivity contribution in [3.63, 3.8) is 0 Å². The van der Waals surface area contributed by atoms with Crippen molar-refractivity contribution in [2.45, 2.75) is 63.5 Å². The average Bonchev–Trinajstić information content (AvgIpc) is 3.46. The number of rotatable bonds is 4. The molecule has 0 bridgehead atoms. The zero-order chi connectivity index (χ0) is 19.4. The Bertz CT molecular complexity index is 895. The molecule has 1 aromatic heterocycles. The highest BCUT2D eigenvalue weighted by Crippen LogP contribution is 2.49. The fraction of sp³-hybridized carbons (Fsp3) is 0.609. The van der Waals surface area contributed by atoms with Crippen LogP contribution in [0.15, 0.2) is 18.2 Å². The standard InChI is InChI=1S/C23H32N4O/c1-4-27(5-2)23(28)24-15-11-17-16-7-6-8-19-21(16)18(12-20(17)26(3)13-15)22(25-19)14-9-10-14/h6-8,14-15,17,20,25H,4-5,9-13H2,1-3H3,(H,24,28). The molecule has 28 heavy (non-hydrogen) atoms. The summed E-state index contributed by atoms with van der Waals surface area (Å²) in [5.74, 6) is 1.24. The van der Waals surface area contributed by atoms with E-state index < -0.39 is 0 Å². The second-order valence-electron chi connectivity index (χ2n) is 8.93. The number of piperidine rings is 1. The molecule has 3 unspecified atom stereocenters. The van der Waals surface area contributed by atoms with E-state index in [1.54, 1.807) is 5.56 Å². The van der Waals surface area contributed by atoms with Gasteiger partial charge in [0.1, 0.15) is 0 Å². The molecule has 0 spiro atoms. The van der Waals surface area contributed by atoms with E-state index in [4.69, 9.17) is 0 Å². The SMILES string of the molecule is CCN(CC)C(=O)NC1CC2c3cccc4[nH]c(C5CC5)c(c34)CC2N(C)C1. The van der Waals surface area contributed by atoms with E-state index in [0.29, 0.717) is 12.0 Å².